The van der Waals surface area contributed by atoms with Crippen LogP contribution in [0.15, 0.2) is 97.2 Å². The summed E-state index contributed by atoms with van der Waals surface area (Å²) in [6.45, 7) is 6.33. The van der Waals surface area contributed by atoms with Crippen molar-refractivity contribution in [3.05, 3.63) is 97.2 Å². The summed E-state index contributed by atoms with van der Waals surface area (Å²) in [6, 6.07) is 0. The van der Waals surface area contributed by atoms with Crippen LogP contribution in [0.5, 0.6) is 0 Å². The van der Waals surface area contributed by atoms with Crippen LogP contribution < -0.4 is 0 Å². The second-order valence-corrected chi connectivity index (χ2v) is 16.4. The molecule has 0 aromatic rings. The van der Waals surface area contributed by atoms with Gasteiger partial charge in [0, 0.05) is 19.3 Å². The van der Waals surface area contributed by atoms with Crippen LogP contribution in [0, 0.1) is 0 Å². The lowest BCUT2D eigenvalue weighted by Crippen LogP contribution is -2.30. The van der Waals surface area contributed by atoms with Gasteiger partial charge in [-0.3, -0.25) is 14.4 Å². The highest BCUT2D eigenvalue weighted by Crippen LogP contribution is 2.14. The van der Waals surface area contributed by atoms with E-state index in [0.29, 0.717) is 19.3 Å². The smallest absolute Gasteiger partial charge is 0.306 e. The molecule has 0 saturated carbocycles. The SMILES string of the molecule is CC\C=C/C=C\C=C/C=C\CCCCCCCC(=O)OC(COC(=O)CCCCC/C=C\C/C=C\C/C=C\C/C=C\CC)COC(=O)CCCCCCCCCCCCCCC. The molecule has 0 amide bonds. The summed E-state index contributed by atoms with van der Waals surface area (Å²) in [5.41, 5.74) is 0. The summed E-state index contributed by atoms with van der Waals surface area (Å²) in [5, 5.41) is 0. The van der Waals surface area contributed by atoms with Crippen LogP contribution in [0.4, 0.5) is 0 Å². The van der Waals surface area contributed by atoms with Crippen LogP contribution in [0.2, 0.25) is 0 Å². The monoisotopic (exact) mass is 861 g/mol. The first-order chi connectivity index (χ1) is 30.5. The Labute approximate surface area is 381 Å². The summed E-state index contributed by atoms with van der Waals surface area (Å²) < 4.78 is 16.7. The van der Waals surface area contributed by atoms with Gasteiger partial charge in [0.2, 0.25) is 0 Å². The van der Waals surface area contributed by atoms with Crippen LogP contribution in [0.3, 0.4) is 0 Å². The third-order valence-corrected chi connectivity index (χ3v) is 10.4. The van der Waals surface area contributed by atoms with E-state index in [1.807, 2.05) is 24.3 Å². The summed E-state index contributed by atoms with van der Waals surface area (Å²) in [4.78, 5) is 38.0. The van der Waals surface area contributed by atoms with E-state index >= 15 is 0 Å². The van der Waals surface area contributed by atoms with Gasteiger partial charge in [-0.05, 0) is 77.0 Å². The van der Waals surface area contributed by atoms with E-state index in [4.69, 9.17) is 14.2 Å². The van der Waals surface area contributed by atoms with Crippen molar-refractivity contribution < 1.29 is 28.6 Å². The van der Waals surface area contributed by atoms with Crippen molar-refractivity contribution in [3.63, 3.8) is 0 Å². The first-order valence-corrected chi connectivity index (χ1v) is 25.3. The quantitative estimate of drug-likeness (QED) is 0.0200. The van der Waals surface area contributed by atoms with E-state index < -0.39 is 6.10 Å². The van der Waals surface area contributed by atoms with Gasteiger partial charge in [-0.15, -0.1) is 0 Å². The number of ether oxygens (including phenoxy) is 3. The third kappa shape index (κ3) is 47.4. The van der Waals surface area contributed by atoms with Crippen molar-refractivity contribution in [1.29, 1.82) is 0 Å². The number of allylic oxidation sites excluding steroid dienone is 16. The van der Waals surface area contributed by atoms with Gasteiger partial charge in [-0.2, -0.15) is 0 Å². The fraction of sp³-hybridized carbons (Fsp3) is 0.661. The molecule has 0 radical (unpaired) electrons. The van der Waals surface area contributed by atoms with Crippen molar-refractivity contribution >= 4 is 17.9 Å². The molecule has 1 unspecified atom stereocenters. The number of esters is 3. The molecule has 0 spiro atoms. The Morgan fingerprint density at radius 2 is 0.710 bits per heavy atom. The Morgan fingerprint density at radius 1 is 0.355 bits per heavy atom. The fourth-order valence-electron chi connectivity index (χ4n) is 6.68. The lowest BCUT2D eigenvalue weighted by molar-refractivity contribution is -0.167. The van der Waals surface area contributed by atoms with Crippen LogP contribution >= 0.6 is 0 Å². The van der Waals surface area contributed by atoms with Crippen molar-refractivity contribution in [2.24, 2.45) is 0 Å². The Morgan fingerprint density at radius 3 is 1.19 bits per heavy atom. The minimum atomic E-state index is -0.802. The molecule has 6 heteroatoms. The molecule has 0 saturated heterocycles. The lowest BCUT2D eigenvalue weighted by atomic mass is 10.0. The first kappa shape index (κ1) is 58.3. The summed E-state index contributed by atoms with van der Waals surface area (Å²) in [7, 11) is 0. The molecule has 62 heavy (non-hydrogen) atoms. The van der Waals surface area contributed by atoms with E-state index in [9.17, 15) is 14.4 Å². The highest BCUT2D eigenvalue weighted by atomic mass is 16.6. The maximum atomic E-state index is 12.8. The van der Waals surface area contributed by atoms with Crippen molar-refractivity contribution in [1.82, 2.24) is 0 Å². The predicted molar refractivity (Wildman–Crippen MR) is 265 cm³/mol. The molecule has 0 heterocycles. The van der Waals surface area contributed by atoms with Crippen molar-refractivity contribution in [2.75, 3.05) is 13.2 Å². The number of unbranched alkanes of at least 4 members (excludes halogenated alkanes) is 20. The van der Waals surface area contributed by atoms with Crippen LogP contribution in [-0.2, 0) is 28.6 Å². The van der Waals surface area contributed by atoms with Gasteiger partial charge in [0.25, 0.3) is 0 Å². The topological polar surface area (TPSA) is 78.9 Å². The predicted octanol–water partition coefficient (Wildman–Crippen LogP) is 16.6. The van der Waals surface area contributed by atoms with Crippen LogP contribution in [-0.4, -0.2) is 37.2 Å². The first-order valence-electron chi connectivity index (χ1n) is 25.3. The van der Waals surface area contributed by atoms with Gasteiger partial charge in [0.15, 0.2) is 6.10 Å². The number of carbonyl (C=O) groups is 3. The average Bonchev–Trinajstić information content (AvgIpc) is 3.27. The van der Waals surface area contributed by atoms with Gasteiger partial charge < -0.3 is 14.2 Å². The zero-order valence-corrected chi connectivity index (χ0v) is 40.1. The van der Waals surface area contributed by atoms with E-state index in [1.54, 1.807) is 0 Å². The van der Waals surface area contributed by atoms with E-state index in [0.717, 1.165) is 116 Å². The number of hydrogen-bond donors (Lipinski definition) is 0. The molecule has 0 fully saturated rings. The minimum Gasteiger partial charge on any atom is -0.462 e. The highest BCUT2D eigenvalue weighted by Gasteiger charge is 2.19. The van der Waals surface area contributed by atoms with E-state index in [1.165, 1.54) is 64.2 Å². The van der Waals surface area contributed by atoms with Gasteiger partial charge in [0.1, 0.15) is 13.2 Å². The molecule has 1 atom stereocenters. The maximum absolute atomic E-state index is 12.8. The zero-order chi connectivity index (χ0) is 45.1. The minimum absolute atomic E-state index is 0.0972. The molecule has 0 aromatic heterocycles. The molecule has 352 valence electrons. The molecule has 0 aliphatic rings. The number of hydrogen-bond acceptors (Lipinski definition) is 6. The van der Waals surface area contributed by atoms with Crippen molar-refractivity contribution in [2.45, 2.75) is 226 Å². The Balaban J connectivity index is 4.49. The molecule has 0 aliphatic carbocycles. The molecule has 0 aliphatic heterocycles. The average molecular weight is 861 g/mol. The van der Waals surface area contributed by atoms with E-state index in [-0.39, 0.29) is 31.1 Å². The number of carbonyl (C=O) groups excluding carboxylic acids is 3. The fourth-order valence-corrected chi connectivity index (χ4v) is 6.68. The van der Waals surface area contributed by atoms with Gasteiger partial charge in [-0.25, -0.2) is 0 Å². The van der Waals surface area contributed by atoms with Gasteiger partial charge in [-0.1, -0.05) is 221 Å². The summed E-state index contributed by atoms with van der Waals surface area (Å²) in [6.07, 6.45) is 65.3. The van der Waals surface area contributed by atoms with Gasteiger partial charge in [0.05, 0.1) is 0 Å². The summed E-state index contributed by atoms with van der Waals surface area (Å²) in [5.74, 6) is -0.956. The molecule has 0 bridgehead atoms. The molecular formula is C56H92O6. The second kappa shape index (κ2) is 50.0. The molecule has 0 aromatic carbocycles. The second-order valence-electron chi connectivity index (χ2n) is 16.4. The van der Waals surface area contributed by atoms with E-state index in [2.05, 4.69) is 93.7 Å². The standard InChI is InChI=1S/C56H92O6/c1-4-7-10-13-16-19-22-25-27-29-31-34-37-40-43-46-49-55(58)61-52-53(51-60-54(57)48-45-42-39-36-33-30-24-21-18-15-12-9-6-3)62-56(59)50-47-44-41-38-35-32-28-26-23-20-17-14-11-8-5-2/h7-8,10-11,14,16-17,19-20,23,25-28,31,34,53H,4-6,9,12-13,15,18,21-22,24,29-30,32-33,35-52H2,1-3H3/b10-7-,11-8-,17-14-,19-16-,23-20-,27-25-,28-26-,34-31-. The van der Waals surface area contributed by atoms with Crippen LogP contribution in [0.25, 0.3) is 0 Å². The Hall–Kier alpha value is -3.67. The molecule has 6 nitrogen and oxygen atoms in total. The summed E-state index contributed by atoms with van der Waals surface area (Å²) >= 11 is 0. The Bertz CT molecular complexity index is 1260. The Kier molecular flexibility index (Phi) is 47.0. The highest BCUT2D eigenvalue weighted by molar-refractivity contribution is 5.71. The normalized spacial score (nSPS) is 12.9. The van der Waals surface area contributed by atoms with Crippen molar-refractivity contribution in [3.8, 4) is 0 Å². The zero-order valence-electron chi connectivity index (χ0n) is 40.1. The van der Waals surface area contributed by atoms with Gasteiger partial charge >= 0.3 is 17.9 Å². The maximum Gasteiger partial charge on any atom is 0.306 e. The van der Waals surface area contributed by atoms with Crippen LogP contribution in [0.1, 0.15) is 220 Å². The molecule has 0 N–H and O–H groups in total. The molecule has 0 rings (SSSR count). The molecular weight excluding hydrogens is 769 g/mol. The third-order valence-electron chi connectivity index (χ3n) is 10.4. The largest absolute Gasteiger partial charge is 0.462 e. The lowest BCUT2D eigenvalue weighted by Gasteiger charge is -2.18. The number of rotatable bonds is 44.